The highest BCUT2D eigenvalue weighted by atomic mass is 32.1. The number of rotatable bonds is 5. The first-order chi connectivity index (χ1) is 11.6. The van der Waals surface area contributed by atoms with Crippen LogP contribution in [0, 0.1) is 6.92 Å². The molecule has 2 N–H and O–H groups in total. The minimum absolute atomic E-state index is 0.140. The molecule has 0 saturated heterocycles. The summed E-state index contributed by atoms with van der Waals surface area (Å²) in [7, 11) is 1.54. The first-order valence-electron chi connectivity index (χ1n) is 7.81. The Morgan fingerprint density at radius 3 is 2.83 bits per heavy atom. The van der Waals surface area contributed by atoms with Gasteiger partial charge in [0, 0.05) is 12.2 Å². The second-order valence-electron chi connectivity index (χ2n) is 5.48. The number of benzene rings is 2. The van der Waals surface area contributed by atoms with Crippen molar-refractivity contribution < 1.29 is 9.84 Å². The molecule has 4 nitrogen and oxygen atoms in total. The van der Waals surface area contributed by atoms with Gasteiger partial charge in [0.05, 0.1) is 17.3 Å². The maximum atomic E-state index is 9.65. The van der Waals surface area contributed by atoms with Crippen LogP contribution in [0.3, 0.4) is 0 Å². The molecule has 0 fully saturated rings. The van der Waals surface area contributed by atoms with Crippen molar-refractivity contribution >= 4 is 39.4 Å². The van der Waals surface area contributed by atoms with Crippen molar-refractivity contribution in [2.24, 2.45) is 0 Å². The molecule has 124 valence electrons. The molecule has 2 aromatic carbocycles. The number of phenolic OH excluding ortho intramolecular Hbond substituents is 1. The number of fused-ring (bicyclic) bond motifs is 1. The fraction of sp³-hybridized carbons (Fsp3) is 0.211. The minimum atomic E-state index is 0.140. The lowest BCUT2D eigenvalue weighted by Gasteiger charge is -2.06. The molecule has 0 atom stereocenters. The number of hydrogen-bond donors (Lipinski definition) is 2. The van der Waals surface area contributed by atoms with Gasteiger partial charge in [-0.3, -0.25) is 0 Å². The van der Waals surface area contributed by atoms with Crippen molar-refractivity contribution in [3.8, 4) is 11.5 Å². The number of phenols is 1. The number of hydrogen-bond acceptors (Lipinski definition) is 5. The van der Waals surface area contributed by atoms with E-state index in [0.717, 1.165) is 28.3 Å². The third-order valence-electron chi connectivity index (χ3n) is 3.74. The van der Waals surface area contributed by atoms with Crippen LogP contribution in [-0.2, 0) is 0 Å². The van der Waals surface area contributed by atoms with E-state index < -0.39 is 0 Å². The number of thiazole rings is 1. The number of ether oxygens (including phenoxy) is 1. The van der Waals surface area contributed by atoms with Gasteiger partial charge in [-0.2, -0.15) is 0 Å². The molecule has 0 unspecified atom stereocenters. The van der Waals surface area contributed by atoms with Gasteiger partial charge in [-0.05, 0) is 55.3 Å². The summed E-state index contributed by atoms with van der Waals surface area (Å²) < 4.78 is 6.30. The van der Waals surface area contributed by atoms with Gasteiger partial charge in [-0.1, -0.05) is 12.1 Å². The van der Waals surface area contributed by atoms with Gasteiger partial charge < -0.3 is 15.2 Å². The lowest BCUT2D eigenvalue weighted by molar-refractivity contribution is 0.373. The summed E-state index contributed by atoms with van der Waals surface area (Å²) in [4.78, 5) is 4.67. The van der Waals surface area contributed by atoms with Gasteiger partial charge in [0.1, 0.15) is 5.01 Å². The Morgan fingerprint density at radius 2 is 2.08 bits per heavy atom. The van der Waals surface area contributed by atoms with Crippen molar-refractivity contribution in [2.75, 3.05) is 19.0 Å². The average molecular weight is 340 g/mol. The molecule has 0 saturated carbocycles. The Kier molecular flexibility index (Phi) is 4.71. The number of anilines is 1. The Labute approximate surface area is 145 Å². The van der Waals surface area contributed by atoms with Crippen LogP contribution in [0.15, 0.2) is 30.3 Å². The van der Waals surface area contributed by atoms with Crippen LogP contribution in [0.25, 0.3) is 22.4 Å². The predicted octanol–water partition coefficient (Wildman–Crippen LogP) is 4.92. The summed E-state index contributed by atoms with van der Waals surface area (Å²) in [5.74, 6) is 0.605. The third kappa shape index (κ3) is 3.36. The molecule has 0 radical (unpaired) electrons. The Hall–Kier alpha value is -2.53. The van der Waals surface area contributed by atoms with Crippen molar-refractivity contribution in [3.63, 3.8) is 0 Å². The average Bonchev–Trinajstić information content (AvgIpc) is 2.96. The van der Waals surface area contributed by atoms with Gasteiger partial charge in [-0.15, -0.1) is 11.3 Å². The van der Waals surface area contributed by atoms with Crippen molar-refractivity contribution in [1.29, 1.82) is 0 Å². The summed E-state index contributed by atoms with van der Waals surface area (Å²) in [6, 6.07) is 9.54. The van der Waals surface area contributed by atoms with E-state index in [4.69, 9.17) is 4.74 Å². The van der Waals surface area contributed by atoms with E-state index in [-0.39, 0.29) is 5.75 Å². The SMILES string of the molecule is CCNc1cc2sc(/C=C/c3ccc(O)c(OC)c3)nc2cc1C. The molecular formula is C19H20N2O2S. The molecule has 3 aromatic rings. The van der Waals surface area contributed by atoms with Crippen LogP contribution >= 0.6 is 11.3 Å². The highest BCUT2D eigenvalue weighted by Gasteiger charge is 2.06. The standard InChI is InChI=1S/C19H20N2O2S/c1-4-20-14-11-18-15(9-12(14)2)21-19(24-18)8-6-13-5-7-16(22)17(10-13)23-3/h5-11,20,22H,4H2,1-3H3/b8-6+. The number of nitrogens with one attached hydrogen (secondary N) is 1. The monoisotopic (exact) mass is 340 g/mol. The highest BCUT2D eigenvalue weighted by Crippen LogP contribution is 2.30. The van der Waals surface area contributed by atoms with E-state index in [1.165, 1.54) is 10.3 Å². The number of aromatic nitrogens is 1. The van der Waals surface area contributed by atoms with E-state index in [9.17, 15) is 5.11 Å². The van der Waals surface area contributed by atoms with Gasteiger partial charge in [0.2, 0.25) is 0 Å². The summed E-state index contributed by atoms with van der Waals surface area (Å²) >= 11 is 1.66. The van der Waals surface area contributed by atoms with E-state index >= 15 is 0 Å². The molecule has 0 amide bonds. The Bertz CT molecular complexity index is 900. The predicted molar refractivity (Wildman–Crippen MR) is 102 cm³/mol. The number of nitrogens with zero attached hydrogens (tertiary/aromatic N) is 1. The normalized spacial score (nSPS) is 11.3. The van der Waals surface area contributed by atoms with Crippen LogP contribution in [0.2, 0.25) is 0 Å². The van der Waals surface area contributed by atoms with E-state index in [1.54, 1.807) is 30.6 Å². The fourth-order valence-electron chi connectivity index (χ4n) is 2.51. The van der Waals surface area contributed by atoms with Crippen LogP contribution in [0.5, 0.6) is 11.5 Å². The van der Waals surface area contributed by atoms with Crippen molar-refractivity contribution in [3.05, 3.63) is 46.5 Å². The minimum Gasteiger partial charge on any atom is -0.504 e. The molecule has 0 aliphatic heterocycles. The molecule has 0 bridgehead atoms. The van der Waals surface area contributed by atoms with Crippen LogP contribution < -0.4 is 10.1 Å². The lowest BCUT2D eigenvalue weighted by atomic mass is 10.2. The maximum absolute atomic E-state index is 9.65. The maximum Gasteiger partial charge on any atom is 0.161 e. The quantitative estimate of drug-likeness (QED) is 0.692. The van der Waals surface area contributed by atoms with Gasteiger partial charge in [0.25, 0.3) is 0 Å². The second kappa shape index (κ2) is 6.93. The van der Waals surface area contributed by atoms with E-state index in [0.29, 0.717) is 5.75 Å². The highest BCUT2D eigenvalue weighted by molar-refractivity contribution is 7.19. The molecular weight excluding hydrogens is 320 g/mol. The molecule has 0 aliphatic carbocycles. The van der Waals surface area contributed by atoms with Crippen LogP contribution in [0.1, 0.15) is 23.1 Å². The number of aromatic hydroxyl groups is 1. The van der Waals surface area contributed by atoms with Crippen LogP contribution in [-0.4, -0.2) is 23.7 Å². The summed E-state index contributed by atoms with van der Waals surface area (Å²) in [5, 5.41) is 14.0. The molecule has 0 spiro atoms. The smallest absolute Gasteiger partial charge is 0.161 e. The Morgan fingerprint density at radius 1 is 1.25 bits per heavy atom. The molecule has 24 heavy (non-hydrogen) atoms. The zero-order valence-corrected chi connectivity index (χ0v) is 14.8. The zero-order valence-electron chi connectivity index (χ0n) is 14.0. The largest absolute Gasteiger partial charge is 0.504 e. The first kappa shape index (κ1) is 16.3. The van der Waals surface area contributed by atoms with Gasteiger partial charge in [-0.25, -0.2) is 4.98 Å². The fourth-order valence-corrected chi connectivity index (χ4v) is 3.41. The third-order valence-corrected chi connectivity index (χ3v) is 4.72. The lowest BCUT2D eigenvalue weighted by Crippen LogP contribution is -1.98. The number of aryl methyl sites for hydroxylation is 1. The van der Waals surface area contributed by atoms with Gasteiger partial charge >= 0.3 is 0 Å². The number of methoxy groups -OCH3 is 1. The summed E-state index contributed by atoms with van der Waals surface area (Å²) in [6.07, 6.45) is 3.95. The molecule has 0 aliphatic rings. The molecule has 3 rings (SSSR count). The van der Waals surface area contributed by atoms with Crippen molar-refractivity contribution in [1.82, 2.24) is 4.98 Å². The zero-order chi connectivity index (χ0) is 17.1. The summed E-state index contributed by atoms with van der Waals surface area (Å²) in [5.41, 5.74) is 4.33. The van der Waals surface area contributed by atoms with Gasteiger partial charge in [0.15, 0.2) is 11.5 Å². The molecule has 1 aromatic heterocycles. The van der Waals surface area contributed by atoms with E-state index in [1.807, 2.05) is 18.2 Å². The topological polar surface area (TPSA) is 54.4 Å². The Balaban J connectivity index is 1.89. The van der Waals surface area contributed by atoms with E-state index in [2.05, 4.69) is 36.3 Å². The molecule has 5 heteroatoms. The molecule has 1 heterocycles. The van der Waals surface area contributed by atoms with Crippen molar-refractivity contribution in [2.45, 2.75) is 13.8 Å². The first-order valence-corrected chi connectivity index (χ1v) is 8.62. The second-order valence-corrected chi connectivity index (χ2v) is 6.54. The summed E-state index contributed by atoms with van der Waals surface area (Å²) in [6.45, 7) is 5.09. The van der Waals surface area contributed by atoms with Crippen LogP contribution in [0.4, 0.5) is 5.69 Å².